The molecule has 0 N–H and O–H groups in total. The van der Waals surface area contributed by atoms with Crippen molar-refractivity contribution in [3.8, 4) is 0 Å². The second-order valence-corrected chi connectivity index (χ2v) is 4.77. The van der Waals surface area contributed by atoms with E-state index in [0.717, 1.165) is 12.1 Å². The van der Waals surface area contributed by atoms with Gasteiger partial charge in [-0.15, -0.1) is 0 Å². The molecule has 0 spiro atoms. The van der Waals surface area contributed by atoms with E-state index in [4.69, 9.17) is 0 Å². The van der Waals surface area contributed by atoms with Gasteiger partial charge in [-0.2, -0.15) is 0 Å². The molecule has 0 amide bonds. The van der Waals surface area contributed by atoms with Gasteiger partial charge in [-0.05, 0) is 23.8 Å². The van der Waals surface area contributed by atoms with Gasteiger partial charge in [-0.25, -0.2) is 22.0 Å². The minimum atomic E-state index is -1.33. The van der Waals surface area contributed by atoms with Crippen LogP contribution in [0.5, 0.6) is 0 Å². The fourth-order valence-corrected chi connectivity index (χ4v) is 2.25. The molecule has 0 nitrogen and oxygen atoms in total. The highest BCUT2D eigenvalue weighted by atomic mass is 79.9. The molecule has 0 aliphatic rings. The van der Waals surface area contributed by atoms with Gasteiger partial charge in [-0.1, -0.05) is 15.9 Å². The van der Waals surface area contributed by atoms with Crippen molar-refractivity contribution >= 4 is 15.9 Å². The monoisotopic (exact) mass is 336 g/mol. The fraction of sp³-hybridized carbons (Fsp3) is 0.0769. The van der Waals surface area contributed by atoms with E-state index in [-0.39, 0.29) is 11.1 Å². The Morgan fingerprint density at radius 1 is 0.684 bits per heavy atom. The molecule has 2 aromatic rings. The van der Waals surface area contributed by atoms with Crippen LogP contribution in [-0.2, 0) is 0 Å². The smallest absolute Gasteiger partial charge is 0.161 e. The minimum Gasteiger partial charge on any atom is -0.207 e. The molecule has 100 valence electrons. The van der Waals surface area contributed by atoms with E-state index >= 15 is 0 Å². The van der Waals surface area contributed by atoms with Gasteiger partial charge < -0.3 is 0 Å². The van der Waals surface area contributed by atoms with Crippen LogP contribution in [0.15, 0.2) is 30.3 Å². The van der Waals surface area contributed by atoms with Crippen molar-refractivity contribution in [2.75, 3.05) is 0 Å². The quantitative estimate of drug-likeness (QED) is 0.417. The lowest BCUT2D eigenvalue weighted by atomic mass is 10.0. The molecule has 2 rings (SSSR count). The van der Waals surface area contributed by atoms with Crippen LogP contribution in [0.2, 0.25) is 0 Å². The van der Waals surface area contributed by atoms with Crippen LogP contribution in [0.1, 0.15) is 16.0 Å². The van der Waals surface area contributed by atoms with E-state index in [2.05, 4.69) is 15.9 Å². The van der Waals surface area contributed by atoms with Crippen molar-refractivity contribution in [1.29, 1.82) is 0 Å². The highest BCUT2D eigenvalue weighted by Gasteiger charge is 2.19. The predicted molar refractivity (Wildman–Crippen MR) is 63.4 cm³/mol. The lowest BCUT2D eigenvalue weighted by Crippen LogP contribution is -2.01. The number of hydrogen-bond acceptors (Lipinski definition) is 0. The largest absolute Gasteiger partial charge is 0.207 e. The minimum absolute atomic E-state index is 0.0578. The summed E-state index contributed by atoms with van der Waals surface area (Å²) in [6, 6.07) is 3.64. The third-order valence-corrected chi connectivity index (χ3v) is 3.51. The Morgan fingerprint density at radius 3 is 1.79 bits per heavy atom. The summed E-state index contributed by atoms with van der Waals surface area (Å²) in [7, 11) is 0. The lowest BCUT2D eigenvalue weighted by molar-refractivity contribution is 0.490. The molecular formula is C13H6BrF5. The average molecular weight is 337 g/mol. The summed E-state index contributed by atoms with van der Waals surface area (Å²) in [5.74, 6) is -5.26. The molecule has 0 radical (unpaired) electrons. The van der Waals surface area contributed by atoms with Crippen molar-refractivity contribution in [3.63, 3.8) is 0 Å². The number of hydrogen-bond donors (Lipinski definition) is 0. The molecule has 0 aliphatic heterocycles. The van der Waals surface area contributed by atoms with Crippen molar-refractivity contribution in [3.05, 3.63) is 70.5 Å². The Kier molecular flexibility index (Phi) is 3.89. The Morgan fingerprint density at radius 2 is 1.21 bits per heavy atom. The molecule has 6 heteroatoms. The van der Waals surface area contributed by atoms with Gasteiger partial charge in [0, 0.05) is 17.7 Å². The van der Waals surface area contributed by atoms with Gasteiger partial charge >= 0.3 is 0 Å². The van der Waals surface area contributed by atoms with Crippen molar-refractivity contribution in [2.45, 2.75) is 4.83 Å². The van der Waals surface area contributed by atoms with Gasteiger partial charge in [-0.3, -0.25) is 0 Å². The summed E-state index contributed by atoms with van der Waals surface area (Å²) >= 11 is 3.01. The standard InChI is InChI=1S/C13H6BrF5/c14-13(6-1-7(15)3-8(16)2-6)9-4-11(18)12(19)5-10(9)17/h1-5,13H. The van der Waals surface area contributed by atoms with Crippen LogP contribution in [0.3, 0.4) is 0 Å². The predicted octanol–water partition coefficient (Wildman–Crippen LogP) is 4.87. The second kappa shape index (κ2) is 5.28. The number of alkyl halides is 1. The van der Waals surface area contributed by atoms with E-state index in [1.807, 2.05) is 0 Å². The number of halogens is 6. The first-order chi connectivity index (χ1) is 8.88. The van der Waals surface area contributed by atoms with Gasteiger partial charge in [0.2, 0.25) is 0 Å². The summed E-state index contributed by atoms with van der Waals surface area (Å²) in [5.41, 5.74) is -0.189. The van der Waals surface area contributed by atoms with Crippen molar-refractivity contribution in [1.82, 2.24) is 0 Å². The third kappa shape index (κ3) is 2.94. The van der Waals surface area contributed by atoms with E-state index in [1.165, 1.54) is 0 Å². The van der Waals surface area contributed by atoms with E-state index < -0.39 is 33.9 Å². The third-order valence-electron chi connectivity index (χ3n) is 2.49. The summed E-state index contributed by atoms with van der Waals surface area (Å²) in [6.07, 6.45) is 0. The molecule has 0 fully saturated rings. The molecule has 0 heterocycles. The maximum absolute atomic E-state index is 13.5. The van der Waals surface area contributed by atoms with Crippen LogP contribution in [-0.4, -0.2) is 0 Å². The maximum atomic E-state index is 13.5. The summed E-state index contributed by atoms with van der Waals surface area (Å²) in [6.45, 7) is 0. The summed E-state index contributed by atoms with van der Waals surface area (Å²) in [4.78, 5) is -0.993. The molecule has 0 saturated carbocycles. The molecular weight excluding hydrogens is 331 g/mol. The summed E-state index contributed by atoms with van der Waals surface area (Å²) < 4.78 is 65.5. The Hall–Kier alpha value is -1.43. The van der Waals surface area contributed by atoms with Crippen LogP contribution in [0.4, 0.5) is 22.0 Å². The fourth-order valence-electron chi connectivity index (χ4n) is 1.63. The maximum Gasteiger partial charge on any atom is 0.161 e. The van der Waals surface area contributed by atoms with Crippen molar-refractivity contribution < 1.29 is 22.0 Å². The second-order valence-electron chi connectivity index (χ2n) is 3.85. The Bertz CT molecular complexity index is 606. The zero-order valence-electron chi connectivity index (χ0n) is 9.23. The molecule has 0 saturated heterocycles. The molecule has 0 bridgehead atoms. The molecule has 1 atom stereocenters. The van der Waals surface area contributed by atoms with Gasteiger partial charge in [0.1, 0.15) is 17.5 Å². The number of benzene rings is 2. The number of rotatable bonds is 2. The first kappa shape index (κ1) is 14.0. The van der Waals surface area contributed by atoms with E-state index in [0.29, 0.717) is 18.2 Å². The molecule has 19 heavy (non-hydrogen) atoms. The zero-order chi connectivity index (χ0) is 14.2. The summed E-state index contributed by atoms with van der Waals surface area (Å²) in [5, 5.41) is 0. The Balaban J connectivity index is 2.49. The van der Waals surface area contributed by atoms with Crippen molar-refractivity contribution in [2.24, 2.45) is 0 Å². The lowest BCUT2D eigenvalue weighted by Gasteiger charge is -2.12. The molecule has 1 unspecified atom stereocenters. The van der Waals surface area contributed by atoms with Gasteiger partial charge in [0.15, 0.2) is 11.6 Å². The highest BCUT2D eigenvalue weighted by molar-refractivity contribution is 9.09. The first-order valence-electron chi connectivity index (χ1n) is 5.13. The van der Waals surface area contributed by atoms with Gasteiger partial charge in [0.05, 0.1) is 4.83 Å². The normalized spacial score (nSPS) is 12.5. The Labute approximate surface area is 114 Å². The molecule has 0 aliphatic carbocycles. The van der Waals surface area contributed by atoms with Crippen LogP contribution in [0, 0.1) is 29.1 Å². The van der Waals surface area contributed by atoms with Crippen LogP contribution in [0.25, 0.3) is 0 Å². The van der Waals surface area contributed by atoms with E-state index in [9.17, 15) is 22.0 Å². The average Bonchev–Trinajstić information content (AvgIpc) is 2.31. The van der Waals surface area contributed by atoms with Crippen LogP contribution >= 0.6 is 15.9 Å². The molecule has 2 aromatic carbocycles. The first-order valence-corrected chi connectivity index (χ1v) is 6.04. The molecule has 0 aromatic heterocycles. The van der Waals surface area contributed by atoms with E-state index in [1.54, 1.807) is 0 Å². The zero-order valence-corrected chi connectivity index (χ0v) is 10.8. The SMILES string of the molecule is Fc1cc(F)cc(C(Br)c2cc(F)c(F)cc2F)c1. The highest BCUT2D eigenvalue weighted by Crippen LogP contribution is 2.34. The topological polar surface area (TPSA) is 0 Å². The van der Waals surface area contributed by atoms with Crippen LogP contribution < -0.4 is 0 Å². The van der Waals surface area contributed by atoms with Gasteiger partial charge in [0.25, 0.3) is 0 Å².